The molecule has 0 aliphatic rings. The van der Waals surface area contributed by atoms with Crippen LogP contribution in [0, 0.1) is 0 Å². The van der Waals surface area contributed by atoms with Gasteiger partial charge in [0, 0.05) is 31.8 Å². The van der Waals surface area contributed by atoms with Crippen molar-refractivity contribution in [1.29, 1.82) is 0 Å². The molecule has 3 heteroatoms. The Morgan fingerprint density at radius 2 is 1.75 bits per heavy atom. The van der Waals surface area contributed by atoms with Gasteiger partial charge in [0.15, 0.2) is 0 Å². The lowest BCUT2D eigenvalue weighted by molar-refractivity contribution is 0.109. The third-order valence-electron chi connectivity index (χ3n) is 3.08. The Hall–Kier alpha value is -0.120. The molecule has 0 unspecified atom stereocenters. The number of methoxy groups -OCH3 is 1. The van der Waals surface area contributed by atoms with Crippen molar-refractivity contribution in [1.82, 2.24) is 4.90 Å². The highest BCUT2D eigenvalue weighted by Crippen LogP contribution is 2.12. The fraction of sp³-hybridized carbons (Fsp3) is 1.00. The number of nitrogens with zero attached hydrogens (tertiary/aromatic N) is 1. The van der Waals surface area contributed by atoms with Crippen LogP contribution in [0.5, 0.6) is 0 Å². The Morgan fingerprint density at radius 1 is 1.19 bits per heavy atom. The molecule has 0 rings (SSSR count). The van der Waals surface area contributed by atoms with Gasteiger partial charge in [-0.3, -0.25) is 4.90 Å². The Balaban J connectivity index is 4.18. The molecule has 0 fully saturated rings. The van der Waals surface area contributed by atoms with Crippen molar-refractivity contribution in [2.24, 2.45) is 5.73 Å². The first-order valence-electron chi connectivity index (χ1n) is 6.46. The van der Waals surface area contributed by atoms with Gasteiger partial charge in [-0.1, -0.05) is 13.8 Å². The zero-order valence-electron chi connectivity index (χ0n) is 11.8. The summed E-state index contributed by atoms with van der Waals surface area (Å²) >= 11 is 0. The highest BCUT2D eigenvalue weighted by Gasteiger charge is 2.18. The summed E-state index contributed by atoms with van der Waals surface area (Å²) in [5, 5.41) is 0. The second kappa shape index (κ2) is 8.04. The monoisotopic (exact) mass is 230 g/mol. The van der Waals surface area contributed by atoms with Crippen LogP contribution in [0.3, 0.4) is 0 Å². The highest BCUT2D eigenvalue weighted by molar-refractivity contribution is 4.77. The van der Waals surface area contributed by atoms with Crippen molar-refractivity contribution in [2.75, 3.05) is 26.8 Å². The van der Waals surface area contributed by atoms with Crippen LogP contribution in [-0.2, 0) is 4.74 Å². The van der Waals surface area contributed by atoms with E-state index in [1.165, 1.54) is 12.8 Å². The Labute approximate surface area is 101 Å². The van der Waals surface area contributed by atoms with E-state index in [0.717, 1.165) is 26.1 Å². The smallest absolute Gasteiger partial charge is 0.0589 e. The number of rotatable bonds is 9. The van der Waals surface area contributed by atoms with Crippen LogP contribution in [-0.4, -0.2) is 43.3 Å². The SMILES string of the molecule is CCC(CC)N(CCOC)CCC(C)(C)N. The van der Waals surface area contributed by atoms with E-state index in [4.69, 9.17) is 10.5 Å². The molecule has 16 heavy (non-hydrogen) atoms. The lowest BCUT2D eigenvalue weighted by Crippen LogP contribution is -2.42. The molecule has 0 aromatic rings. The maximum atomic E-state index is 6.04. The van der Waals surface area contributed by atoms with Gasteiger partial charge in [-0.25, -0.2) is 0 Å². The van der Waals surface area contributed by atoms with Crippen molar-refractivity contribution >= 4 is 0 Å². The van der Waals surface area contributed by atoms with Gasteiger partial charge < -0.3 is 10.5 Å². The van der Waals surface area contributed by atoms with E-state index >= 15 is 0 Å². The summed E-state index contributed by atoms with van der Waals surface area (Å²) in [6.45, 7) is 11.6. The van der Waals surface area contributed by atoms with Gasteiger partial charge in [0.2, 0.25) is 0 Å². The summed E-state index contributed by atoms with van der Waals surface area (Å²) in [6.07, 6.45) is 3.43. The van der Waals surface area contributed by atoms with Crippen molar-refractivity contribution in [3.05, 3.63) is 0 Å². The minimum absolute atomic E-state index is 0.0721. The molecule has 0 aromatic carbocycles. The molecular weight excluding hydrogens is 200 g/mol. The van der Waals surface area contributed by atoms with Crippen molar-refractivity contribution in [3.8, 4) is 0 Å². The Kier molecular flexibility index (Phi) is 7.98. The fourth-order valence-corrected chi connectivity index (χ4v) is 1.92. The van der Waals surface area contributed by atoms with Gasteiger partial charge in [-0.2, -0.15) is 0 Å². The zero-order chi connectivity index (χ0) is 12.6. The van der Waals surface area contributed by atoms with Gasteiger partial charge in [-0.05, 0) is 33.1 Å². The van der Waals surface area contributed by atoms with Crippen molar-refractivity contribution in [2.45, 2.75) is 58.5 Å². The molecule has 0 aromatic heterocycles. The molecular formula is C13H30N2O. The molecule has 0 amide bonds. The molecule has 0 heterocycles. The lowest BCUT2D eigenvalue weighted by atomic mass is 10.0. The normalized spacial score (nSPS) is 12.8. The van der Waals surface area contributed by atoms with Gasteiger partial charge in [-0.15, -0.1) is 0 Å². The predicted octanol–water partition coefficient (Wildman–Crippen LogP) is 2.25. The van der Waals surface area contributed by atoms with Crippen LogP contribution in [0.15, 0.2) is 0 Å². The van der Waals surface area contributed by atoms with Gasteiger partial charge >= 0.3 is 0 Å². The number of hydrogen-bond acceptors (Lipinski definition) is 3. The second-order valence-corrected chi connectivity index (χ2v) is 5.24. The van der Waals surface area contributed by atoms with Crippen LogP contribution in [0.4, 0.5) is 0 Å². The molecule has 0 saturated heterocycles. The van der Waals surface area contributed by atoms with E-state index in [9.17, 15) is 0 Å². The molecule has 2 N–H and O–H groups in total. The standard InChI is InChI=1S/C13H30N2O/c1-6-12(7-2)15(10-11-16-5)9-8-13(3,4)14/h12H,6-11,14H2,1-5H3. The van der Waals surface area contributed by atoms with Gasteiger partial charge in [0.05, 0.1) is 6.61 Å². The summed E-state index contributed by atoms with van der Waals surface area (Å²) < 4.78 is 5.17. The van der Waals surface area contributed by atoms with E-state index in [2.05, 4.69) is 32.6 Å². The van der Waals surface area contributed by atoms with Crippen molar-refractivity contribution < 1.29 is 4.74 Å². The topological polar surface area (TPSA) is 38.5 Å². The summed E-state index contributed by atoms with van der Waals surface area (Å²) in [4.78, 5) is 2.51. The third kappa shape index (κ3) is 7.20. The van der Waals surface area contributed by atoms with Crippen LogP contribution < -0.4 is 5.73 Å². The molecule has 0 radical (unpaired) electrons. The number of ether oxygens (including phenoxy) is 1. The highest BCUT2D eigenvalue weighted by atomic mass is 16.5. The van der Waals surface area contributed by atoms with Gasteiger partial charge in [0.1, 0.15) is 0 Å². The van der Waals surface area contributed by atoms with Crippen molar-refractivity contribution in [3.63, 3.8) is 0 Å². The third-order valence-corrected chi connectivity index (χ3v) is 3.08. The lowest BCUT2D eigenvalue weighted by Gasteiger charge is -2.32. The maximum absolute atomic E-state index is 6.04. The molecule has 0 atom stereocenters. The zero-order valence-corrected chi connectivity index (χ0v) is 11.8. The Bertz CT molecular complexity index is 162. The molecule has 0 bridgehead atoms. The molecule has 0 saturated carbocycles. The van der Waals surface area contributed by atoms with Crippen LogP contribution in [0.1, 0.15) is 47.0 Å². The van der Waals surface area contributed by atoms with E-state index < -0.39 is 0 Å². The van der Waals surface area contributed by atoms with E-state index in [0.29, 0.717) is 6.04 Å². The molecule has 0 spiro atoms. The first-order valence-corrected chi connectivity index (χ1v) is 6.46. The van der Waals surface area contributed by atoms with E-state index in [1.807, 2.05) is 0 Å². The first-order chi connectivity index (χ1) is 7.44. The minimum Gasteiger partial charge on any atom is -0.383 e. The molecule has 0 aliphatic heterocycles. The first kappa shape index (κ1) is 15.9. The summed E-state index contributed by atoms with van der Waals surface area (Å²) in [7, 11) is 1.76. The molecule has 3 nitrogen and oxygen atoms in total. The fourth-order valence-electron chi connectivity index (χ4n) is 1.92. The molecule has 0 aliphatic carbocycles. The van der Waals surface area contributed by atoms with Crippen LogP contribution in [0.25, 0.3) is 0 Å². The summed E-state index contributed by atoms with van der Waals surface area (Å²) in [5.74, 6) is 0. The maximum Gasteiger partial charge on any atom is 0.0589 e. The summed E-state index contributed by atoms with van der Waals surface area (Å²) in [6, 6.07) is 0.664. The average molecular weight is 230 g/mol. The largest absolute Gasteiger partial charge is 0.383 e. The minimum atomic E-state index is -0.0721. The van der Waals surface area contributed by atoms with E-state index in [-0.39, 0.29) is 5.54 Å². The summed E-state index contributed by atoms with van der Waals surface area (Å²) in [5.41, 5.74) is 5.97. The quantitative estimate of drug-likeness (QED) is 0.660. The number of hydrogen-bond donors (Lipinski definition) is 1. The van der Waals surface area contributed by atoms with E-state index in [1.54, 1.807) is 7.11 Å². The molecule has 98 valence electrons. The predicted molar refractivity (Wildman–Crippen MR) is 70.7 cm³/mol. The second-order valence-electron chi connectivity index (χ2n) is 5.24. The number of nitrogens with two attached hydrogens (primary N) is 1. The van der Waals surface area contributed by atoms with Crippen LogP contribution in [0.2, 0.25) is 0 Å². The van der Waals surface area contributed by atoms with Gasteiger partial charge in [0.25, 0.3) is 0 Å². The van der Waals surface area contributed by atoms with Crippen LogP contribution >= 0.6 is 0 Å². The average Bonchev–Trinajstić information content (AvgIpc) is 2.21. The Morgan fingerprint density at radius 3 is 2.12 bits per heavy atom.